The van der Waals surface area contributed by atoms with E-state index >= 15 is 0 Å². The molecular weight excluding hydrogens is 180 g/mol. The molecule has 0 aromatic heterocycles. The van der Waals surface area contributed by atoms with E-state index in [-0.39, 0.29) is 5.54 Å². The van der Waals surface area contributed by atoms with Crippen molar-refractivity contribution in [2.24, 2.45) is 5.73 Å². The average molecular weight is 202 g/mol. The van der Waals surface area contributed by atoms with Gasteiger partial charge in [0.2, 0.25) is 0 Å². The van der Waals surface area contributed by atoms with Crippen LogP contribution < -0.4 is 11.1 Å². The van der Waals surface area contributed by atoms with E-state index in [0.717, 1.165) is 32.6 Å². The van der Waals surface area contributed by atoms with Crippen LogP contribution in [0.1, 0.15) is 19.8 Å². The Labute approximate surface area is 86.1 Å². The van der Waals surface area contributed by atoms with Crippen molar-refractivity contribution in [2.45, 2.75) is 31.4 Å². The molecule has 0 saturated heterocycles. The fraction of sp³-hybridized carbons (Fsp3) is 1.00. The summed E-state index contributed by atoms with van der Waals surface area (Å²) in [6.07, 6.45) is 2.46. The van der Waals surface area contributed by atoms with Crippen LogP contribution in [0.4, 0.5) is 0 Å². The van der Waals surface area contributed by atoms with E-state index in [1.807, 2.05) is 6.92 Å². The van der Waals surface area contributed by atoms with E-state index in [2.05, 4.69) is 5.32 Å². The van der Waals surface area contributed by atoms with Gasteiger partial charge in [-0.3, -0.25) is 0 Å². The van der Waals surface area contributed by atoms with Crippen LogP contribution in [0.3, 0.4) is 0 Å². The Morgan fingerprint density at radius 3 is 2.71 bits per heavy atom. The highest BCUT2D eigenvalue weighted by molar-refractivity contribution is 5.02. The monoisotopic (exact) mass is 202 g/mol. The Morgan fingerprint density at radius 2 is 2.21 bits per heavy atom. The maximum absolute atomic E-state index is 5.75. The van der Waals surface area contributed by atoms with Crippen molar-refractivity contribution in [1.29, 1.82) is 0 Å². The zero-order valence-corrected chi connectivity index (χ0v) is 9.21. The molecule has 0 spiro atoms. The second-order valence-corrected chi connectivity index (χ2v) is 3.89. The maximum atomic E-state index is 5.75. The van der Waals surface area contributed by atoms with Gasteiger partial charge in [-0.2, -0.15) is 0 Å². The molecule has 4 nitrogen and oxygen atoms in total. The number of ether oxygens (including phenoxy) is 2. The standard InChI is InChI=1S/C10H22N2O2/c1-3-14-9-6-10(7-9,8-11)12-4-5-13-2/h9,12H,3-8,11H2,1-2H3. The van der Waals surface area contributed by atoms with E-state index in [1.54, 1.807) is 7.11 Å². The third-order valence-corrected chi connectivity index (χ3v) is 2.84. The highest BCUT2D eigenvalue weighted by Gasteiger charge is 2.43. The number of hydrogen-bond donors (Lipinski definition) is 2. The zero-order chi connectivity index (χ0) is 10.4. The first-order chi connectivity index (χ1) is 6.76. The van der Waals surface area contributed by atoms with Gasteiger partial charge in [0.1, 0.15) is 0 Å². The highest BCUT2D eigenvalue weighted by Crippen LogP contribution is 2.33. The van der Waals surface area contributed by atoms with Crippen molar-refractivity contribution in [3.8, 4) is 0 Å². The minimum absolute atomic E-state index is 0.109. The molecule has 0 aliphatic heterocycles. The van der Waals surface area contributed by atoms with Gasteiger partial charge < -0.3 is 20.5 Å². The lowest BCUT2D eigenvalue weighted by Crippen LogP contribution is -2.63. The third-order valence-electron chi connectivity index (χ3n) is 2.84. The smallest absolute Gasteiger partial charge is 0.0611 e. The molecule has 0 atom stereocenters. The number of nitrogens with one attached hydrogen (secondary N) is 1. The molecule has 1 rings (SSSR count). The van der Waals surface area contributed by atoms with E-state index in [4.69, 9.17) is 15.2 Å². The molecule has 0 unspecified atom stereocenters. The van der Waals surface area contributed by atoms with Gasteiger partial charge in [-0.15, -0.1) is 0 Å². The first-order valence-electron chi connectivity index (χ1n) is 5.32. The summed E-state index contributed by atoms with van der Waals surface area (Å²) in [4.78, 5) is 0. The molecule has 0 aromatic carbocycles. The summed E-state index contributed by atoms with van der Waals surface area (Å²) in [6.45, 7) is 5.11. The number of hydrogen-bond acceptors (Lipinski definition) is 4. The summed E-state index contributed by atoms with van der Waals surface area (Å²) < 4.78 is 10.5. The largest absolute Gasteiger partial charge is 0.383 e. The minimum atomic E-state index is 0.109. The van der Waals surface area contributed by atoms with E-state index in [9.17, 15) is 0 Å². The third kappa shape index (κ3) is 2.92. The summed E-state index contributed by atoms with van der Waals surface area (Å²) in [5.41, 5.74) is 5.86. The van der Waals surface area contributed by atoms with Gasteiger partial charge in [0.25, 0.3) is 0 Å². The van der Waals surface area contributed by atoms with Gasteiger partial charge in [0, 0.05) is 32.3 Å². The van der Waals surface area contributed by atoms with Gasteiger partial charge in [-0.05, 0) is 19.8 Å². The lowest BCUT2D eigenvalue weighted by Gasteiger charge is -2.47. The molecule has 1 saturated carbocycles. The van der Waals surface area contributed by atoms with Crippen molar-refractivity contribution < 1.29 is 9.47 Å². The van der Waals surface area contributed by atoms with E-state index in [1.165, 1.54) is 0 Å². The second kappa shape index (κ2) is 5.66. The van der Waals surface area contributed by atoms with Crippen LogP contribution in [0, 0.1) is 0 Å². The van der Waals surface area contributed by atoms with Crippen LogP contribution in [0.5, 0.6) is 0 Å². The minimum Gasteiger partial charge on any atom is -0.383 e. The summed E-state index contributed by atoms with van der Waals surface area (Å²) in [6, 6.07) is 0. The molecule has 1 aliphatic rings. The van der Waals surface area contributed by atoms with Crippen LogP contribution in [0.25, 0.3) is 0 Å². The van der Waals surface area contributed by atoms with Crippen LogP contribution >= 0.6 is 0 Å². The van der Waals surface area contributed by atoms with Crippen LogP contribution in [0.15, 0.2) is 0 Å². The number of methoxy groups -OCH3 is 1. The quantitative estimate of drug-likeness (QED) is 0.576. The summed E-state index contributed by atoms with van der Waals surface area (Å²) in [5.74, 6) is 0. The second-order valence-electron chi connectivity index (χ2n) is 3.89. The van der Waals surface area contributed by atoms with Gasteiger partial charge in [-0.25, -0.2) is 0 Å². The normalized spacial score (nSPS) is 31.5. The molecule has 14 heavy (non-hydrogen) atoms. The molecule has 3 N–H and O–H groups in total. The molecular formula is C10H22N2O2. The molecule has 0 radical (unpaired) electrons. The Morgan fingerprint density at radius 1 is 1.50 bits per heavy atom. The van der Waals surface area contributed by atoms with Gasteiger partial charge >= 0.3 is 0 Å². The zero-order valence-electron chi connectivity index (χ0n) is 9.21. The Bertz CT molecular complexity index is 153. The molecule has 0 heterocycles. The first kappa shape index (κ1) is 11.9. The average Bonchev–Trinajstić information content (AvgIpc) is 2.14. The maximum Gasteiger partial charge on any atom is 0.0611 e. The summed E-state index contributed by atoms with van der Waals surface area (Å²) >= 11 is 0. The van der Waals surface area contributed by atoms with Gasteiger partial charge in [0.15, 0.2) is 0 Å². The molecule has 0 aromatic rings. The molecule has 84 valence electrons. The molecule has 0 amide bonds. The van der Waals surface area contributed by atoms with Crippen molar-refractivity contribution in [3.05, 3.63) is 0 Å². The molecule has 1 fully saturated rings. The van der Waals surface area contributed by atoms with Crippen LogP contribution in [-0.2, 0) is 9.47 Å². The van der Waals surface area contributed by atoms with E-state index < -0.39 is 0 Å². The van der Waals surface area contributed by atoms with Crippen LogP contribution in [-0.4, -0.2) is 45.1 Å². The topological polar surface area (TPSA) is 56.5 Å². The number of nitrogens with two attached hydrogens (primary N) is 1. The Balaban J connectivity index is 2.19. The van der Waals surface area contributed by atoms with Gasteiger partial charge in [-0.1, -0.05) is 0 Å². The van der Waals surface area contributed by atoms with Crippen molar-refractivity contribution >= 4 is 0 Å². The lowest BCUT2D eigenvalue weighted by molar-refractivity contribution is -0.0488. The van der Waals surface area contributed by atoms with Crippen molar-refractivity contribution in [2.75, 3.05) is 33.4 Å². The predicted molar refractivity (Wildman–Crippen MR) is 56.3 cm³/mol. The molecule has 4 heteroatoms. The Kier molecular flexibility index (Phi) is 4.81. The number of rotatable bonds is 7. The predicted octanol–water partition coefficient (Wildman–Crippen LogP) is 0.119. The van der Waals surface area contributed by atoms with Crippen molar-refractivity contribution in [3.63, 3.8) is 0 Å². The van der Waals surface area contributed by atoms with Gasteiger partial charge in [0.05, 0.1) is 12.7 Å². The fourth-order valence-corrected chi connectivity index (χ4v) is 1.97. The summed E-state index contributed by atoms with van der Waals surface area (Å²) in [5, 5.41) is 3.44. The lowest BCUT2D eigenvalue weighted by atomic mass is 9.74. The van der Waals surface area contributed by atoms with E-state index in [0.29, 0.717) is 12.6 Å². The molecule has 1 aliphatic carbocycles. The first-order valence-corrected chi connectivity index (χ1v) is 5.32. The Hall–Kier alpha value is -0.160. The fourth-order valence-electron chi connectivity index (χ4n) is 1.97. The summed E-state index contributed by atoms with van der Waals surface area (Å²) in [7, 11) is 1.71. The van der Waals surface area contributed by atoms with Crippen LogP contribution in [0.2, 0.25) is 0 Å². The molecule has 0 bridgehead atoms. The highest BCUT2D eigenvalue weighted by atomic mass is 16.5. The SMILES string of the molecule is CCOC1CC(CN)(NCCOC)C1. The van der Waals surface area contributed by atoms with Crippen molar-refractivity contribution in [1.82, 2.24) is 5.32 Å².